The number of anilines is 2. The molecule has 204 valence electrons. The van der Waals surface area contributed by atoms with E-state index in [1.807, 2.05) is 63.2 Å². The van der Waals surface area contributed by atoms with Gasteiger partial charge in [0.1, 0.15) is 0 Å². The fourth-order valence-electron chi connectivity index (χ4n) is 4.87. The molecular formula is C31H36N4O4. The minimum Gasteiger partial charge on any atom is -0.378 e. The van der Waals surface area contributed by atoms with Crippen LogP contribution in [0.5, 0.6) is 0 Å². The van der Waals surface area contributed by atoms with E-state index in [1.54, 1.807) is 0 Å². The first-order chi connectivity index (χ1) is 18.9. The van der Waals surface area contributed by atoms with Crippen LogP contribution in [-0.4, -0.2) is 43.1 Å². The first-order valence-electron chi connectivity index (χ1n) is 13.4. The summed E-state index contributed by atoms with van der Waals surface area (Å²) in [5, 5.41) is 5.78. The van der Waals surface area contributed by atoms with Gasteiger partial charge in [-0.15, -0.1) is 0 Å². The van der Waals surface area contributed by atoms with Gasteiger partial charge < -0.3 is 25.3 Å². The molecule has 4 rings (SSSR count). The van der Waals surface area contributed by atoms with Crippen molar-refractivity contribution in [1.29, 1.82) is 0 Å². The van der Waals surface area contributed by atoms with Crippen LogP contribution in [0.4, 0.5) is 11.4 Å². The van der Waals surface area contributed by atoms with Crippen LogP contribution in [0.2, 0.25) is 0 Å². The highest BCUT2D eigenvalue weighted by molar-refractivity contribution is 6.10. The second-order valence-corrected chi connectivity index (χ2v) is 9.54. The van der Waals surface area contributed by atoms with Crippen molar-refractivity contribution in [3.05, 3.63) is 93.4 Å². The van der Waals surface area contributed by atoms with E-state index in [-0.39, 0.29) is 18.0 Å². The third kappa shape index (κ3) is 6.29. The van der Waals surface area contributed by atoms with Gasteiger partial charge in [-0.3, -0.25) is 14.4 Å². The van der Waals surface area contributed by atoms with Crippen molar-refractivity contribution in [2.45, 2.75) is 40.2 Å². The average molecular weight is 529 g/mol. The first-order valence-corrected chi connectivity index (χ1v) is 13.4. The smallest absolute Gasteiger partial charge is 0.253 e. The fraction of sp³-hybridized carbons (Fsp3) is 0.323. The highest BCUT2D eigenvalue weighted by Crippen LogP contribution is 2.34. The van der Waals surface area contributed by atoms with Crippen LogP contribution < -0.4 is 21.1 Å². The van der Waals surface area contributed by atoms with E-state index in [9.17, 15) is 14.4 Å². The molecule has 2 heterocycles. The van der Waals surface area contributed by atoms with E-state index in [0.717, 1.165) is 42.0 Å². The summed E-state index contributed by atoms with van der Waals surface area (Å²) >= 11 is 0. The van der Waals surface area contributed by atoms with E-state index in [2.05, 4.69) is 27.1 Å². The van der Waals surface area contributed by atoms with Gasteiger partial charge in [-0.2, -0.15) is 0 Å². The fourth-order valence-corrected chi connectivity index (χ4v) is 4.87. The van der Waals surface area contributed by atoms with Gasteiger partial charge in [-0.25, -0.2) is 0 Å². The van der Waals surface area contributed by atoms with Crippen LogP contribution in [0.3, 0.4) is 0 Å². The molecule has 1 aliphatic heterocycles. The molecule has 8 heteroatoms. The summed E-state index contributed by atoms with van der Waals surface area (Å²) in [4.78, 5) is 43.9. The molecule has 3 aromatic rings. The number of morpholine rings is 1. The lowest BCUT2D eigenvalue weighted by Gasteiger charge is -2.29. The molecule has 1 aromatic heterocycles. The zero-order valence-corrected chi connectivity index (χ0v) is 22.9. The Hall–Kier alpha value is -4.17. The Morgan fingerprint density at radius 3 is 2.44 bits per heavy atom. The van der Waals surface area contributed by atoms with Gasteiger partial charge in [0.05, 0.1) is 24.5 Å². The SMILES string of the molecule is C=CC(=O)Nc1c(-c2ccc(N3CCOCC3)cc2)ccc(C)c1C(=O)NCc1c(CC)cc(CC)[nH]c1=O. The molecule has 3 N–H and O–H groups in total. The lowest BCUT2D eigenvalue weighted by molar-refractivity contribution is -0.111. The Kier molecular flexibility index (Phi) is 8.99. The van der Waals surface area contributed by atoms with E-state index in [0.29, 0.717) is 47.6 Å². The van der Waals surface area contributed by atoms with E-state index in [1.165, 1.54) is 6.08 Å². The van der Waals surface area contributed by atoms with Crippen LogP contribution in [0.15, 0.2) is 59.9 Å². The molecule has 2 amide bonds. The van der Waals surface area contributed by atoms with E-state index in [4.69, 9.17) is 4.74 Å². The molecule has 0 bridgehead atoms. The standard InChI is InChI=1S/C31H36N4O4/c1-5-21-18-23(6-2)33-30(37)26(21)19-32-31(38)28-20(4)8-13-25(29(28)34-27(36)7-3)22-9-11-24(12-10-22)35-14-16-39-17-15-35/h7-13,18H,3,5-6,14-17,19H2,1-2,4H3,(H,32,38)(H,33,37)(H,34,36). The van der Waals surface area contributed by atoms with Crippen LogP contribution in [0.25, 0.3) is 11.1 Å². The maximum atomic E-state index is 13.6. The second-order valence-electron chi connectivity index (χ2n) is 9.54. The van der Waals surface area contributed by atoms with Gasteiger partial charge in [0.2, 0.25) is 5.91 Å². The van der Waals surface area contributed by atoms with Crippen molar-refractivity contribution in [3.8, 4) is 11.1 Å². The van der Waals surface area contributed by atoms with Gasteiger partial charge in [-0.1, -0.05) is 44.7 Å². The zero-order valence-electron chi connectivity index (χ0n) is 22.9. The molecule has 8 nitrogen and oxygen atoms in total. The van der Waals surface area contributed by atoms with Crippen LogP contribution in [0.1, 0.15) is 46.6 Å². The minimum atomic E-state index is -0.416. The van der Waals surface area contributed by atoms with Gasteiger partial charge in [0.25, 0.3) is 11.5 Å². The number of hydrogen-bond acceptors (Lipinski definition) is 5. The zero-order chi connectivity index (χ0) is 27.9. The molecule has 2 aromatic carbocycles. The Labute approximate surface area is 229 Å². The number of hydrogen-bond donors (Lipinski definition) is 3. The number of amides is 2. The number of nitrogens with zero attached hydrogens (tertiary/aromatic N) is 1. The largest absolute Gasteiger partial charge is 0.378 e. The molecule has 0 radical (unpaired) electrons. The number of pyridine rings is 1. The predicted molar refractivity (Wildman–Crippen MR) is 155 cm³/mol. The number of ether oxygens (including phenoxy) is 1. The number of carbonyl (C=O) groups is 2. The molecule has 0 aliphatic carbocycles. The Balaban J connectivity index is 1.68. The Morgan fingerprint density at radius 1 is 1.08 bits per heavy atom. The quantitative estimate of drug-likeness (QED) is 0.358. The molecule has 0 spiro atoms. The minimum absolute atomic E-state index is 0.0775. The van der Waals surface area contributed by atoms with Crippen molar-refractivity contribution < 1.29 is 14.3 Å². The van der Waals surface area contributed by atoms with Crippen molar-refractivity contribution in [1.82, 2.24) is 10.3 Å². The van der Waals surface area contributed by atoms with Crippen LogP contribution in [0, 0.1) is 6.92 Å². The van der Waals surface area contributed by atoms with E-state index < -0.39 is 5.91 Å². The third-order valence-corrected chi connectivity index (χ3v) is 7.10. The Bertz CT molecular complexity index is 1420. The summed E-state index contributed by atoms with van der Waals surface area (Å²) < 4.78 is 5.46. The highest BCUT2D eigenvalue weighted by Gasteiger charge is 2.21. The van der Waals surface area contributed by atoms with Crippen LogP contribution >= 0.6 is 0 Å². The first kappa shape index (κ1) is 27.9. The summed E-state index contributed by atoms with van der Waals surface area (Å²) in [6, 6.07) is 13.8. The maximum absolute atomic E-state index is 13.6. The summed E-state index contributed by atoms with van der Waals surface area (Å²) in [7, 11) is 0. The molecule has 1 fully saturated rings. The average Bonchev–Trinajstić information content (AvgIpc) is 2.96. The van der Waals surface area contributed by atoms with Crippen molar-refractivity contribution in [3.63, 3.8) is 0 Å². The number of aromatic nitrogens is 1. The second kappa shape index (κ2) is 12.6. The van der Waals surface area contributed by atoms with Crippen molar-refractivity contribution in [2.24, 2.45) is 0 Å². The lowest BCUT2D eigenvalue weighted by atomic mass is 9.95. The third-order valence-electron chi connectivity index (χ3n) is 7.10. The summed E-state index contributed by atoms with van der Waals surface area (Å²) in [6.07, 6.45) is 2.58. The highest BCUT2D eigenvalue weighted by atomic mass is 16.5. The molecule has 1 aliphatic rings. The summed E-state index contributed by atoms with van der Waals surface area (Å²) in [6.45, 7) is 12.5. The van der Waals surface area contributed by atoms with Gasteiger partial charge in [-0.05, 0) is 60.7 Å². The molecule has 0 unspecified atom stereocenters. The number of carbonyl (C=O) groups excluding carboxylic acids is 2. The lowest BCUT2D eigenvalue weighted by Crippen LogP contribution is -2.36. The number of rotatable bonds is 9. The maximum Gasteiger partial charge on any atom is 0.253 e. The van der Waals surface area contributed by atoms with Crippen molar-refractivity contribution in [2.75, 3.05) is 36.5 Å². The van der Waals surface area contributed by atoms with Gasteiger partial charge in [0, 0.05) is 42.1 Å². The molecule has 1 saturated heterocycles. The summed E-state index contributed by atoms with van der Waals surface area (Å²) in [5.74, 6) is -0.791. The number of aromatic amines is 1. The van der Waals surface area contributed by atoms with Crippen LogP contribution in [-0.2, 0) is 28.9 Å². The van der Waals surface area contributed by atoms with Gasteiger partial charge in [0.15, 0.2) is 0 Å². The molecule has 0 atom stereocenters. The topological polar surface area (TPSA) is 104 Å². The van der Waals surface area contributed by atoms with Gasteiger partial charge >= 0.3 is 0 Å². The molecule has 39 heavy (non-hydrogen) atoms. The number of benzene rings is 2. The molecular weight excluding hydrogens is 492 g/mol. The van der Waals surface area contributed by atoms with Crippen molar-refractivity contribution >= 4 is 23.2 Å². The monoisotopic (exact) mass is 528 g/mol. The predicted octanol–water partition coefficient (Wildman–Crippen LogP) is 4.37. The summed E-state index contributed by atoms with van der Waals surface area (Å²) in [5.41, 5.74) is 6.23. The normalized spacial score (nSPS) is 13.2. The number of aryl methyl sites for hydroxylation is 3. The van der Waals surface area contributed by atoms with E-state index >= 15 is 0 Å². The number of H-pyrrole nitrogens is 1. The number of nitrogens with one attached hydrogen (secondary N) is 3. The Morgan fingerprint density at radius 2 is 1.79 bits per heavy atom. The molecule has 0 saturated carbocycles.